The highest BCUT2D eigenvalue weighted by Gasteiger charge is 2.18. The maximum absolute atomic E-state index is 12.5. The molecule has 0 saturated carbocycles. The largest absolute Gasteiger partial charge is 0.321 e. The summed E-state index contributed by atoms with van der Waals surface area (Å²) in [4.78, 5) is 12.5. The monoisotopic (exact) mass is 387 g/mol. The van der Waals surface area contributed by atoms with E-state index in [9.17, 15) is 4.79 Å². The lowest BCUT2D eigenvalue weighted by Crippen LogP contribution is -2.32. The zero-order chi connectivity index (χ0) is 17.9. The minimum absolute atomic E-state index is 0. The topological polar surface area (TPSA) is 89.7 Å². The van der Waals surface area contributed by atoms with E-state index < -0.39 is 0 Å². The van der Waals surface area contributed by atoms with E-state index in [2.05, 4.69) is 25.9 Å². The van der Waals surface area contributed by atoms with Crippen LogP contribution < -0.4 is 10.6 Å². The molecule has 9 heteroatoms. The number of aryl methyl sites for hydroxylation is 1. The highest BCUT2D eigenvalue weighted by atomic mass is 35.5. The Morgan fingerprint density at radius 1 is 1.33 bits per heavy atom. The molecule has 27 heavy (non-hydrogen) atoms. The number of carbonyl (C=O) groups excluding carboxylic acids is 1. The molecule has 3 heterocycles. The first-order valence-corrected chi connectivity index (χ1v) is 8.75. The third kappa shape index (κ3) is 4.17. The SMILES string of the molecule is Cc1nncn1-c1cccc(NC(=O)c2ccn(C3CCCNC3)n2)c1.Cl. The number of carbonyl (C=O) groups is 1. The van der Waals surface area contributed by atoms with Crippen molar-refractivity contribution in [1.82, 2.24) is 29.9 Å². The maximum atomic E-state index is 12.5. The maximum Gasteiger partial charge on any atom is 0.276 e. The van der Waals surface area contributed by atoms with Gasteiger partial charge in [-0.05, 0) is 50.6 Å². The van der Waals surface area contributed by atoms with Crippen molar-refractivity contribution >= 4 is 24.0 Å². The molecular weight excluding hydrogens is 366 g/mol. The molecule has 8 nitrogen and oxygen atoms in total. The van der Waals surface area contributed by atoms with Crippen molar-refractivity contribution in [2.75, 3.05) is 18.4 Å². The average Bonchev–Trinajstić information content (AvgIpc) is 3.32. The summed E-state index contributed by atoms with van der Waals surface area (Å²) in [6.07, 6.45) is 5.73. The standard InChI is InChI=1S/C18H21N7O.ClH/c1-13-22-20-12-24(13)15-5-2-4-14(10-15)21-18(26)17-7-9-25(23-17)16-6-3-8-19-11-16;/h2,4-5,7,9-10,12,16,19H,3,6,8,11H2,1H3,(H,21,26);1H. The number of benzene rings is 1. The van der Waals surface area contributed by atoms with Gasteiger partial charge in [0.1, 0.15) is 12.2 Å². The van der Waals surface area contributed by atoms with Crippen LogP contribution in [0, 0.1) is 6.92 Å². The van der Waals surface area contributed by atoms with Gasteiger partial charge in [0.05, 0.1) is 11.7 Å². The van der Waals surface area contributed by atoms with E-state index in [1.54, 1.807) is 12.4 Å². The molecule has 1 fully saturated rings. The predicted molar refractivity (Wildman–Crippen MR) is 105 cm³/mol. The van der Waals surface area contributed by atoms with Crippen molar-refractivity contribution < 1.29 is 4.79 Å². The lowest BCUT2D eigenvalue weighted by molar-refractivity contribution is 0.102. The van der Waals surface area contributed by atoms with E-state index in [1.165, 1.54) is 0 Å². The second kappa shape index (κ2) is 8.32. The van der Waals surface area contributed by atoms with Gasteiger partial charge in [-0.2, -0.15) is 5.10 Å². The Hall–Kier alpha value is -2.71. The van der Waals surface area contributed by atoms with E-state index in [1.807, 2.05) is 46.6 Å². The van der Waals surface area contributed by atoms with Gasteiger partial charge in [0, 0.05) is 18.4 Å². The van der Waals surface area contributed by atoms with Crippen LogP contribution >= 0.6 is 12.4 Å². The molecule has 2 aromatic heterocycles. The average molecular weight is 388 g/mol. The van der Waals surface area contributed by atoms with Crippen molar-refractivity contribution in [3.8, 4) is 5.69 Å². The number of aromatic nitrogens is 5. The normalized spacial score (nSPS) is 16.6. The van der Waals surface area contributed by atoms with Crippen LogP contribution in [-0.2, 0) is 0 Å². The third-order valence-electron chi connectivity index (χ3n) is 4.59. The molecule has 1 amide bonds. The lowest BCUT2D eigenvalue weighted by atomic mass is 10.1. The van der Waals surface area contributed by atoms with Crippen LogP contribution in [0.5, 0.6) is 0 Å². The van der Waals surface area contributed by atoms with E-state index in [4.69, 9.17) is 0 Å². The van der Waals surface area contributed by atoms with Gasteiger partial charge in [0.25, 0.3) is 5.91 Å². The molecule has 1 saturated heterocycles. The van der Waals surface area contributed by atoms with Crippen molar-refractivity contribution in [3.05, 3.63) is 54.4 Å². The number of anilines is 1. The molecule has 2 N–H and O–H groups in total. The number of piperidine rings is 1. The zero-order valence-corrected chi connectivity index (χ0v) is 15.8. The Kier molecular flexibility index (Phi) is 5.88. The van der Waals surface area contributed by atoms with Gasteiger partial charge in [-0.15, -0.1) is 22.6 Å². The minimum Gasteiger partial charge on any atom is -0.321 e. The molecule has 0 radical (unpaired) electrons. The summed E-state index contributed by atoms with van der Waals surface area (Å²) in [7, 11) is 0. The highest BCUT2D eigenvalue weighted by Crippen LogP contribution is 2.18. The minimum atomic E-state index is -0.217. The van der Waals surface area contributed by atoms with Crippen molar-refractivity contribution in [2.45, 2.75) is 25.8 Å². The molecule has 1 atom stereocenters. The number of amides is 1. The first-order valence-electron chi connectivity index (χ1n) is 8.75. The number of rotatable bonds is 4. The summed E-state index contributed by atoms with van der Waals surface area (Å²) in [5.74, 6) is 0.568. The highest BCUT2D eigenvalue weighted by molar-refractivity contribution is 6.02. The van der Waals surface area contributed by atoms with Crippen molar-refractivity contribution in [2.24, 2.45) is 0 Å². The summed E-state index contributed by atoms with van der Waals surface area (Å²) in [5, 5.41) is 18.6. The molecule has 4 rings (SSSR count). The van der Waals surface area contributed by atoms with Gasteiger partial charge in [-0.25, -0.2) is 0 Å². The fourth-order valence-corrected chi connectivity index (χ4v) is 3.20. The van der Waals surface area contributed by atoms with Gasteiger partial charge in [-0.1, -0.05) is 6.07 Å². The molecule has 3 aromatic rings. The van der Waals surface area contributed by atoms with E-state index in [-0.39, 0.29) is 18.3 Å². The van der Waals surface area contributed by atoms with E-state index >= 15 is 0 Å². The van der Waals surface area contributed by atoms with E-state index in [0.717, 1.165) is 37.4 Å². The fraction of sp³-hybridized carbons (Fsp3) is 0.333. The van der Waals surface area contributed by atoms with Crippen LogP contribution in [0.15, 0.2) is 42.9 Å². The van der Waals surface area contributed by atoms with Crippen LogP contribution in [-0.4, -0.2) is 43.5 Å². The Bertz CT molecular complexity index is 914. The number of hydrogen-bond acceptors (Lipinski definition) is 5. The molecule has 1 aromatic carbocycles. The molecule has 142 valence electrons. The Morgan fingerprint density at radius 2 is 2.22 bits per heavy atom. The first kappa shape index (κ1) is 19.1. The zero-order valence-electron chi connectivity index (χ0n) is 15.0. The van der Waals surface area contributed by atoms with Gasteiger partial charge >= 0.3 is 0 Å². The summed E-state index contributed by atoms with van der Waals surface area (Å²) >= 11 is 0. The second-order valence-corrected chi connectivity index (χ2v) is 6.43. The molecule has 1 aliphatic heterocycles. The quantitative estimate of drug-likeness (QED) is 0.717. The fourth-order valence-electron chi connectivity index (χ4n) is 3.20. The summed E-state index contributed by atoms with van der Waals surface area (Å²) in [6, 6.07) is 9.63. The van der Waals surface area contributed by atoms with E-state index in [0.29, 0.717) is 17.4 Å². The Labute approximate surface area is 163 Å². The van der Waals surface area contributed by atoms with Crippen LogP contribution in [0.1, 0.15) is 35.2 Å². The van der Waals surface area contributed by atoms with Crippen molar-refractivity contribution in [1.29, 1.82) is 0 Å². The molecule has 1 aliphatic rings. The molecule has 1 unspecified atom stereocenters. The Balaban J connectivity index is 0.00000210. The molecule has 0 aliphatic carbocycles. The second-order valence-electron chi connectivity index (χ2n) is 6.43. The summed E-state index contributed by atoms with van der Waals surface area (Å²) in [5.41, 5.74) is 2.01. The molecule has 0 bridgehead atoms. The van der Waals surface area contributed by atoms with Crippen molar-refractivity contribution in [3.63, 3.8) is 0 Å². The first-order chi connectivity index (χ1) is 12.7. The number of nitrogens with one attached hydrogen (secondary N) is 2. The van der Waals surface area contributed by atoms with Crippen LogP contribution in [0.2, 0.25) is 0 Å². The predicted octanol–water partition coefficient (Wildman–Crippen LogP) is 2.37. The lowest BCUT2D eigenvalue weighted by Gasteiger charge is -2.22. The van der Waals surface area contributed by atoms with Crippen LogP contribution in [0.25, 0.3) is 5.69 Å². The van der Waals surface area contributed by atoms with Gasteiger partial charge in [0.15, 0.2) is 5.69 Å². The number of halogens is 1. The third-order valence-corrected chi connectivity index (χ3v) is 4.59. The van der Waals surface area contributed by atoms with Crippen LogP contribution in [0.3, 0.4) is 0 Å². The smallest absolute Gasteiger partial charge is 0.276 e. The molecular formula is C18H22ClN7O. The van der Waals surface area contributed by atoms with Crippen LogP contribution in [0.4, 0.5) is 5.69 Å². The number of hydrogen-bond donors (Lipinski definition) is 2. The van der Waals surface area contributed by atoms with Gasteiger partial charge in [0.2, 0.25) is 0 Å². The van der Waals surface area contributed by atoms with Gasteiger partial charge in [-0.3, -0.25) is 14.0 Å². The summed E-state index contributed by atoms with van der Waals surface area (Å²) < 4.78 is 3.75. The van der Waals surface area contributed by atoms with Gasteiger partial charge < -0.3 is 10.6 Å². The molecule has 0 spiro atoms. The summed E-state index contributed by atoms with van der Waals surface area (Å²) in [6.45, 7) is 3.82. The Morgan fingerprint density at radius 3 is 2.96 bits per heavy atom. The number of nitrogens with zero attached hydrogens (tertiary/aromatic N) is 5.